The first-order valence-electron chi connectivity index (χ1n) is 5.95. The molecule has 0 aliphatic heterocycles. The van der Waals surface area contributed by atoms with Crippen LogP contribution in [0, 0.1) is 0 Å². The second kappa shape index (κ2) is 5.23. The standard InChI is InChI=1S/C14H18N2O2/c1-15(2)8-9-18-12-6-4-11-5-7-14(17)16(3)13(11)10-12/h4-7,10H,8-9H2,1-3H3. The van der Waals surface area contributed by atoms with Crippen LogP contribution in [0.2, 0.25) is 0 Å². The number of likely N-dealkylation sites (N-methyl/N-ethyl adjacent to an activating group) is 1. The summed E-state index contributed by atoms with van der Waals surface area (Å²) in [4.78, 5) is 13.6. The first kappa shape index (κ1) is 12.6. The number of hydrogen-bond acceptors (Lipinski definition) is 3. The minimum Gasteiger partial charge on any atom is -0.492 e. The lowest BCUT2D eigenvalue weighted by atomic mass is 10.2. The second-order valence-electron chi connectivity index (χ2n) is 4.60. The van der Waals surface area contributed by atoms with Gasteiger partial charge in [0.25, 0.3) is 5.56 Å². The molecule has 0 N–H and O–H groups in total. The maximum Gasteiger partial charge on any atom is 0.250 e. The highest BCUT2D eigenvalue weighted by molar-refractivity contribution is 5.80. The molecular formula is C14H18N2O2. The van der Waals surface area contributed by atoms with Crippen molar-refractivity contribution in [2.75, 3.05) is 27.2 Å². The van der Waals surface area contributed by atoms with E-state index in [-0.39, 0.29) is 5.56 Å². The van der Waals surface area contributed by atoms with Crippen molar-refractivity contribution in [3.05, 3.63) is 40.7 Å². The molecule has 0 bridgehead atoms. The van der Waals surface area contributed by atoms with Gasteiger partial charge in [0.15, 0.2) is 0 Å². The van der Waals surface area contributed by atoms with Gasteiger partial charge in [0.2, 0.25) is 0 Å². The minimum atomic E-state index is -0.00654. The van der Waals surface area contributed by atoms with Crippen LogP contribution < -0.4 is 10.3 Å². The predicted octanol–water partition coefficient (Wildman–Crippen LogP) is 1.48. The SMILES string of the molecule is CN(C)CCOc1ccc2ccc(=O)n(C)c2c1. The molecule has 0 radical (unpaired) electrons. The number of fused-ring (bicyclic) bond motifs is 1. The Morgan fingerprint density at radius 2 is 1.94 bits per heavy atom. The third kappa shape index (κ3) is 2.71. The van der Waals surface area contributed by atoms with E-state index < -0.39 is 0 Å². The summed E-state index contributed by atoms with van der Waals surface area (Å²) in [6.45, 7) is 1.51. The Morgan fingerprint density at radius 3 is 2.67 bits per heavy atom. The largest absolute Gasteiger partial charge is 0.492 e. The Bertz CT molecular complexity index is 602. The second-order valence-corrected chi connectivity index (χ2v) is 4.60. The number of aryl methyl sites for hydroxylation is 1. The van der Waals surface area contributed by atoms with Crippen molar-refractivity contribution in [3.8, 4) is 5.75 Å². The molecule has 4 heteroatoms. The van der Waals surface area contributed by atoms with E-state index in [1.165, 1.54) is 0 Å². The van der Waals surface area contributed by atoms with Crippen LogP contribution in [-0.4, -0.2) is 36.7 Å². The molecule has 0 amide bonds. The maximum absolute atomic E-state index is 11.6. The van der Waals surface area contributed by atoms with Gasteiger partial charge in [-0.3, -0.25) is 4.79 Å². The Morgan fingerprint density at radius 1 is 1.22 bits per heavy atom. The third-order valence-electron chi connectivity index (χ3n) is 2.91. The fraction of sp³-hybridized carbons (Fsp3) is 0.357. The summed E-state index contributed by atoms with van der Waals surface area (Å²) in [5.41, 5.74) is 0.887. The van der Waals surface area contributed by atoms with Gasteiger partial charge in [-0.2, -0.15) is 0 Å². The number of rotatable bonds is 4. The highest BCUT2D eigenvalue weighted by atomic mass is 16.5. The molecule has 0 fully saturated rings. The molecule has 0 aliphatic rings. The van der Waals surface area contributed by atoms with Gasteiger partial charge >= 0.3 is 0 Å². The predicted molar refractivity (Wildman–Crippen MR) is 73.2 cm³/mol. The van der Waals surface area contributed by atoms with Crippen LogP contribution in [0.4, 0.5) is 0 Å². The number of hydrogen-bond donors (Lipinski definition) is 0. The molecule has 2 rings (SSSR count). The van der Waals surface area contributed by atoms with Gasteiger partial charge in [-0.05, 0) is 37.7 Å². The first-order valence-corrected chi connectivity index (χ1v) is 5.95. The van der Waals surface area contributed by atoms with Gasteiger partial charge in [0, 0.05) is 25.7 Å². The topological polar surface area (TPSA) is 34.5 Å². The third-order valence-corrected chi connectivity index (χ3v) is 2.91. The maximum atomic E-state index is 11.6. The molecule has 1 heterocycles. The van der Waals surface area contributed by atoms with Crippen LogP contribution in [0.1, 0.15) is 0 Å². The molecule has 0 saturated carbocycles. The van der Waals surface area contributed by atoms with Crippen molar-refractivity contribution >= 4 is 10.9 Å². The highest BCUT2D eigenvalue weighted by Crippen LogP contribution is 2.19. The lowest BCUT2D eigenvalue weighted by Gasteiger charge is -2.12. The molecule has 4 nitrogen and oxygen atoms in total. The van der Waals surface area contributed by atoms with Crippen molar-refractivity contribution in [1.29, 1.82) is 0 Å². The molecule has 0 saturated heterocycles. The Kier molecular flexibility index (Phi) is 3.67. The molecule has 2 aromatic rings. The minimum absolute atomic E-state index is 0.00654. The van der Waals surface area contributed by atoms with E-state index in [1.54, 1.807) is 17.7 Å². The average Bonchev–Trinajstić information content (AvgIpc) is 2.34. The number of benzene rings is 1. The van der Waals surface area contributed by atoms with Gasteiger partial charge in [-0.25, -0.2) is 0 Å². The van der Waals surface area contributed by atoms with Crippen LogP contribution in [-0.2, 0) is 7.05 Å². The van der Waals surface area contributed by atoms with E-state index in [0.717, 1.165) is 23.2 Å². The number of aromatic nitrogens is 1. The van der Waals surface area contributed by atoms with E-state index in [4.69, 9.17) is 4.74 Å². The van der Waals surface area contributed by atoms with E-state index in [1.807, 2.05) is 38.4 Å². The van der Waals surface area contributed by atoms with Crippen molar-refractivity contribution in [2.24, 2.45) is 7.05 Å². The van der Waals surface area contributed by atoms with E-state index in [0.29, 0.717) is 6.61 Å². The van der Waals surface area contributed by atoms with Gasteiger partial charge in [0.1, 0.15) is 12.4 Å². The van der Waals surface area contributed by atoms with Gasteiger partial charge in [0.05, 0.1) is 5.52 Å². The lowest BCUT2D eigenvalue weighted by Crippen LogP contribution is -2.19. The molecule has 1 aromatic heterocycles. The van der Waals surface area contributed by atoms with Crippen molar-refractivity contribution in [2.45, 2.75) is 0 Å². The monoisotopic (exact) mass is 246 g/mol. The summed E-state index contributed by atoms with van der Waals surface area (Å²) in [7, 11) is 5.79. The fourth-order valence-corrected chi connectivity index (χ4v) is 1.78. The normalized spacial score (nSPS) is 11.1. The van der Waals surface area contributed by atoms with E-state index in [2.05, 4.69) is 4.90 Å². The van der Waals surface area contributed by atoms with Crippen molar-refractivity contribution in [1.82, 2.24) is 9.47 Å². The smallest absolute Gasteiger partial charge is 0.250 e. The molecule has 0 spiro atoms. The molecule has 96 valence electrons. The molecule has 0 aliphatic carbocycles. The van der Waals surface area contributed by atoms with Gasteiger partial charge in [-0.1, -0.05) is 0 Å². The quantitative estimate of drug-likeness (QED) is 0.819. The summed E-state index contributed by atoms with van der Waals surface area (Å²) in [5.74, 6) is 0.797. The van der Waals surface area contributed by atoms with E-state index in [9.17, 15) is 4.79 Å². The number of nitrogens with zero attached hydrogens (tertiary/aromatic N) is 2. The fourth-order valence-electron chi connectivity index (χ4n) is 1.78. The zero-order valence-corrected chi connectivity index (χ0v) is 11.0. The highest BCUT2D eigenvalue weighted by Gasteiger charge is 2.02. The van der Waals surface area contributed by atoms with Crippen LogP contribution in [0.15, 0.2) is 35.1 Å². The Balaban J connectivity index is 2.26. The average molecular weight is 246 g/mol. The summed E-state index contributed by atoms with van der Waals surface area (Å²) in [6, 6.07) is 9.23. The molecular weight excluding hydrogens is 228 g/mol. The zero-order valence-electron chi connectivity index (χ0n) is 11.0. The number of ether oxygens (including phenoxy) is 1. The van der Waals surface area contributed by atoms with Crippen LogP contribution in [0.5, 0.6) is 5.75 Å². The lowest BCUT2D eigenvalue weighted by molar-refractivity contribution is 0.261. The molecule has 18 heavy (non-hydrogen) atoms. The summed E-state index contributed by atoms with van der Waals surface area (Å²) in [6.07, 6.45) is 0. The summed E-state index contributed by atoms with van der Waals surface area (Å²) >= 11 is 0. The van der Waals surface area contributed by atoms with Crippen molar-refractivity contribution < 1.29 is 4.74 Å². The zero-order chi connectivity index (χ0) is 13.1. The Labute approximate surface area is 106 Å². The molecule has 0 atom stereocenters. The van der Waals surface area contributed by atoms with Crippen molar-refractivity contribution in [3.63, 3.8) is 0 Å². The summed E-state index contributed by atoms with van der Waals surface area (Å²) in [5, 5.41) is 1.04. The van der Waals surface area contributed by atoms with Crippen LogP contribution in [0.3, 0.4) is 0 Å². The molecule has 0 unspecified atom stereocenters. The number of pyridine rings is 1. The van der Waals surface area contributed by atoms with Gasteiger partial charge < -0.3 is 14.2 Å². The van der Waals surface area contributed by atoms with Gasteiger partial charge in [-0.15, -0.1) is 0 Å². The van der Waals surface area contributed by atoms with Crippen LogP contribution in [0.25, 0.3) is 10.9 Å². The first-order chi connectivity index (χ1) is 8.58. The molecule has 1 aromatic carbocycles. The van der Waals surface area contributed by atoms with E-state index >= 15 is 0 Å². The van der Waals surface area contributed by atoms with Crippen LogP contribution >= 0.6 is 0 Å². The summed E-state index contributed by atoms with van der Waals surface area (Å²) < 4.78 is 7.30. The Hall–Kier alpha value is -1.81.